The van der Waals surface area contributed by atoms with Crippen molar-refractivity contribution in [2.45, 2.75) is 32.2 Å². The number of carbonyl (C=O) groups excluding carboxylic acids is 1. The van der Waals surface area contributed by atoms with Crippen molar-refractivity contribution >= 4 is 12.0 Å². The van der Waals surface area contributed by atoms with Crippen LogP contribution in [0.25, 0.3) is 11.8 Å². The molecule has 0 saturated heterocycles. The van der Waals surface area contributed by atoms with Crippen LogP contribution in [0.5, 0.6) is 11.5 Å². The number of hydrogen-bond acceptors (Lipinski definition) is 5. The Kier molecular flexibility index (Phi) is 9.93. The minimum absolute atomic E-state index is 0.0392. The van der Waals surface area contributed by atoms with Crippen LogP contribution in [0.1, 0.15) is 30.9 Å². The zero-order valence-corrected chi connectivity index (χ0v) is 21.1. The molecule has 1 atom stereocenters. The van der Waals surface area contributed by atoms with Gasteiger partial charge < -0.3 is 24.3 Å². The lowest BCUT2D eigenvalue weighted by molar-refractivity contribution is -0.120. The molecule has 3 rings (SSSR count). The van der Waals surface area contributed by atoms with E-state index in [0.717, 1.165) is 42.1 Å². The summed E-state index contributed by atoms with van der Waals surface area (Å²) >= 11 is 0. The van der Waals surface area contributed by atoms with Crippen LogP contribution in [-0.2, 0) is 11.2 Å². The van der Waals surface area contributed by atoms with Crippen molar-refractivity contribution in [1.82, 2.24) is 19.8 Å². The fraction of sp³-hybridized carbons (Fsp3) is 0.357. The maximum absolute atomic E-state index is 12.2. The summed E-state index contributed by atoms with van der Waals surface area (Å²) in [7, 11) is 5.42. The molecule has 1 aromatic heterocycles. The summed E-state index contributed by atoms with van der Waals surface area (Å²) in [4.78, 5) is 18.5. The summed E-state index contributed by atoms with van der Waals surface area (Å²) in [5.41, 5.74) is 3.32. The molecule has 0 fully saturated rings. The Morgan fingerprint density at radius 3 is 2.60 bits per heavy atom. The highest BCUT2D eigenvalue weighted by Crippen LogP contribution is 2.28. The third-order valence-corrected chi connectivity index (χ3v) is 6.05. The molecule has 0 saturated carbocycles. The number of rotatable bonds is 13. The summed E-state index contributed by atoms with van der Waals surface area (Å²) in [5, 5.41) is 3.01. The van der Waals surface area contributed by atoms with Gasteiger partial charge in [0.1, 0.15) is 0 Å². The van der Waals surface area contributed by atoms with Crippen LogP contribution in [-0.4, -0.2) is 60.8 Å². The van der Waals surface area contributed by atoms with Gasteiger partial charge in [0.2, 0.25) is 5.91 Å². The molecular weight excluding hydrogens is 440 g/mol. The maximum Gasteiger partial charge on any atom is 0.223 e. The van der Waals surface area contributed by atoms with E-state index in [9.17, 15) is 4.79 Å². The molecule has 0 bridgehead atoms. The second-order valence-electron chi connectivity index (χ2n) is 8.59. The van der Waals surface area contributed by atoms with Gasteiger partial charge >= 0.3 is 0 Å². The van der Waals surface area contributed by atoms with Gasteiger partial charge in [-0.1, -0.05) is 30.4 Å². The zero-order chi connectivity index (χ0) is 25.0. The number of likely N-dealkylation sites (N-methyl/N-ethyl adjacent to an activating group) is 1. The quantitative estimate of drug-likeness (QED) is 0.371. The molecule has 7 nitrogen and oxygen atoms in total. The molecule has 0 aliphatic heterocycles. The number of amides is 1. The molecule has 1 heterocycles. The van der Waals surface area contributed by atoms with Gasteiger partial charge in [-0.2, -0.15) is 0 Å². The predicted octanol–water partition coefficient (Wildman–Crippen LogP) is 4.36. The number of nitrogens with zero attached hydrogens (tertiary/aromatic N) is 3. The minimum atomic E-state index is 0.0392. The third kappa shape index (κ3) is 8.00. The molecule has 1 amide bonds. The second kappa shape index (κ2) is 13.3. The van der Waals surface area contributed by atoms with Crippen molar-refractivity contribution in [3.8, 4) is 17.2 Å². The first-order chi connectivity index (χ1) is 17.0. The molecule has 35 heavy (non-hydrogen) atoms. The number of carbonyl (C=O) groups is 1. The average molecular weight is 477 g/mol. The average Bonchev–Trinajstić information content (AvgIpc) is 3.42. The van der Waals surface area contributed by atoms with Crippen molar-refractivity contribution in [2.24, 2.45) is 0 Å². The molecule has 0 aliphatic carbocycles. The Labute approximate surface area is 208 Å². The minimum Gasteiger partial charge on any atom is -0.493 e. The molecule has 1 unspecified atom stereocenters. The van der Waals surface area contributed by atoms with E-state index < -0.39 is 0 Å². The lowest BCUT2D eigenvalue weighted by Crippen LogP contribution is -2.34. The van der Waals surface area contributed by atoms with Gasteiger partial charge in [0.15, 0.2) is 11.5 Å². The Bertz CT molecular complexity index is 1080. The van der Waals surface area contributed by atoms with E-state index in [4.69, 9.17) is 9.47 Å². The number of aromatic nitrogens is 2. The number of nitrogens with one attached hydrogen (secondary N) is 1. The number of hydrogen-bond donors (Lipinski definition) is 1. The van der Waals surface area contributed by atoms with Gasteiger partial charge in [-0.3, -0.25) is 4.79 Å². The van der Waals surface area contributed by atoms with Crippen LogP contribution >= 0.6 is 0 Å². The molecule has 7 heteroatoms. The Morgan fingerprint density at radius 1 is 1.14 bits per heavy atom. The van der Waals surface area contributed by atoms with Crippen molar-refractivity contribution in [3.05, 3.63) is 78.4 Å². The molecular formula is C28H36N4O3. The number of benzene rings is 2. The van der Waals surface area contributed by atoms with Crippen molar-refractivity contribution < 1.29 is 14.3 Å². The van der Waals surface area contributed by atoms with Crippen LogP contribution in [0.4, 0.5) is 0 Å². The summed E-state index contributed by atoms with van der Waals surface area (Å²) in [6.45, 7) is 3.79. The van der Waals surface area contributed by atoms with Crippen molar-refractivity contribution in [2.75, 3.05) is 34.4 Å². The molecule has 0 spiro atoms. The van der Waals surface area contributed by atoms with Crippen LogP contribution in [0, 0.1) is 0 Å². The van der Waals surface area contributed by atoms with Gasteiger partial charge in [-0.05, 0) is 68.8 Å². The standard InChI is InChI=1S/C28H36N4O3/c1-22(19-24-11-14-26(34-3)27(20-24)35-4)31(2)17-6-15-30-28(33)8-5-7-23-9-12-25(13-10-23)32-18-16-29-21-32/h5,7,9-14,16,18,20-22H,6,8,15,17,19H2,1-4H3,(H,30,33). The molecule has 2 aromatic carbocycles. The summed E-state index contributed by atoms with van der Waals surface area (Å²) in [5.74, 6) is 1.53. The first kappa shape index (κ1) is 26.0. The summed E-state index contributed by atoms with van der Waals surface area (Å²) in [6.07, 6.45) is 11.5. The highest BCUT2D eigenvalue weighted by Gasteiger charge is 2.12. The second-order valence-corrected chi connectivity index (χ2v) is 8.59. The van der Waals surface area contributed by atoms with Gasteiger partial charge in [0.25, 0.3) is 0 Å². The van der Waals surface area contributed by atoms with Crippen molar-refractivity contribution in [3.63, 3.8) is 0 Å². The third-order valence-electron chi connectivity index (χ3n) is 6.05. The van der Waals surface area contributed by atoms with E-state index in [1.165, 1.54) is 5.56 Å². The largest absolute Gasteiger partial charge is 0.493 e. The number of imidazole rings is 1. The molecule has 3 aromatic rings. The lowest BCUT2D eigenvalue weighted by atomic mass is 10.1. The van der Waals surface area contributed by atoms with Crippen LogP contribution < -0.4 is 14.8 Å². The van der Waals surface area contributed by atoms with Crippen molar-refractivity contribution in [1.29, 1.82) is 0 Å². The van der Waals surface area contributed by atoms with E-state index >= 15 is 0 Å². The van der Waals surface area contributed by atoms with E-state index in [2.05, 4.69) is 35.2 Å². The summed E-state index contributed by atoms with van der Waals surface area (Å²) in [6, 6.07) is 14.5. The molecule has 0 radical (unpaired) electrons. The summed E-state index contributed by atoms with van der Waals surface area (Å²) < 4.78 is 12.7. The van der Waals surface area contributed by atoms with Gasteiger partial charge in [0, 0.05) is 37.1 Å². The predicted molar refractivity (Wildman–Crippen MR) is 140 cm³/mol. The highest BCUT2D eigenvalue weighted by atomic mass is 16.5. The van der Waals surface area contributed by atoms with Gasteiger partial charge in [-0.15, -0.1) is 0 Å². The van der Waals surface area contributed by atoms with Crippen LogP contribution in [0.15, 0.2) is 67.3 Å². The monoisotopic (exact) mass is 476 g/mol. The number of ether oxygens (including phenoxy) is 2. The van der Waals surface area contributed by atoms with E-state index in [-0.39, 0.29) is 5.91 Å². The Balaban J connectivity index is 1.33. The highest BCUT2D eigenvalue weighted by molar-refractivity contribution is 5.78. The lowest BCUT2D eigenvalue weighted by Gasteiger charge is -2.25. The SMILES string of the molecule is COc1ccc(CC(C)N(C)CCCNC(=O)CC=Cc2ccc(-n3ccnc3)cc2)cc1OC. The first-order valence-corrected chi connectivity index (χ1v) is 11.9. The Morgan fingerprint density at radius 2 is 1.91 bits per heavy atom. The number of methoxy groups -OCH3 is 2. The molecule has 1 N–H and O–H groups in total. The van der Waals surface area contributed by atoms with Gasteiger partial charge in [0.05, 0.1) is 20.5 Å². The van der Waals surface area contributed by atoms with Crippen LogP contribution in [0.2, 0.25) is 0 Å². The van der Waals surface area contributed by atoms with E-state index in [0.29, 0.717) is 19.0 Å². The van der Waals surface area contributed by atoms with Crippen LogP contribution in [0.3, 0.4) is 0 Å². The zero-order valence-electron chi connectivity index (χ0n) is 21.1. The smallest absolute Gasteiger partial charge is 0.223 e. The fourth-order valence-corrected chi connectivity index (χ4v) is 3.82. The topological polar surface area (TPSA) is 68.6 Å². The first-order valence-electron chi connectivity index (χ1n) is 11.9. The normalized spacial score (nSPS) is 12.1. The van der Waals surface area contributed by atoms with E-state index in [1.54, 1.807) is 26.7 Å². The molecule has 0 aliphatic rings. The fourth-order valence-electron chi connectivity index (χ4n) is 3.82. The Hall–Kier alpha value is -3.58. The molecule has 186 valence electrons. The van der Waals surface area contributed by atoms with E-state index in [1.807, 2.05) is 59.3 Å². The van der Waals surface area contributed by atoms with Gasteiger partial charge in [-0.25, -0.2) is 4.98 Å². The maximum atomic E-state index is 12.2.